The van der Waals surface area contributed by atoms with Crippen molar-refractivity contribution in [3.63, 3.8) is 0 Å². The summed E-state index contributed by atoms with van der Waals surface area (Å²) in [4.78, 5) is 71.7. The predicted molar refractivity (Wildman–Crippen MR) is 229 cm³/mol. The van der Waals surface area contributed by atoms with Gasteiger partial charge in [0.2, 0.25) is 11.8 Å². The molecule has 62 heavy (non-hydrogen) atoms. The third kappa shape index (κ3) is 8.22. The molecule has 0 radical (unpaired) electrons. The highest BCUT2D eigenvalue weighted by atomic mass is 16.5. The van der Waals surface area contributed by atoms with E-state index in [1.807, 2.05) is 60.7 Å². The van der Waals surface area contributed by atoms with Crippen LogP contribution in [0.2, 0.25) is 0 Å². The molecule has 8 rings (SSSR count). The van der Waals surface area contributed by atoms with E-state index in [0.717, 1.165) is 75.3 Å². The zero-order chi connectivity index (χ0) is 43.7. The Morgan fingerprint density at radius 3 is 1.63 bits per heavy atom. The number of likely N-dealkylation sites (tertiary alicyclic amines) is 2. The molecule has 2 fully saturated rings. The van der Waals surface area contributed by atoms with Gasteiger partial charge in [0.05, 0.1) is 71.8 Å². The maximum Gasteiger partial charge on any atom is 0.407 e. The molecule has 3 aromatic carbocycles. The van der Waals surface area contributed by atoms with Gasteiger partial charge in [-0.05, 0) is 87.1 Å². The molecule has 5 heterocycles. The number of ether oxygens (including phenoxy) is 4. The number of nitrogens with one attached hydrogen (secondary N) is 4. The van der Waals surface area contributed by atoms with Gasteiger partial charge in [-0.15, -0.1) is 10.2 Å². The lowest BCUT2D eigenvalue weighted by Crippen LogP contribution is -2.54. The SMILES string of the molecule is COC(=O)N[C@H](C(=O)N1CCC[C@H]1c1nc2ccc(-c3ccc4cc(-c5ccc6nc([C@@H]7CCCN7C(=O)[C@@H](NC(=O)OC)[C@@H](C)OC)[nH]c6c5)nnc4c3)cc2[nH]1)[C@@H](C)OC. The summed E-state index contributed by atoms with van der Waals surface area (Å²) in [5.74, 6) is 0.820. The smallest absolute Gasteiger partial charge is 0.407 e. The zero-order valence-corrected chi connectivity index (χ0v) is 35.4. The van der Waals surface area contributed by atoms with Gasteiger partial charge in [-0.2, -0.15) is 0 Å². The number of aromatic amines is 2. The quantitative estimate of drug-likeness (QED) is 0.119. The van der Waals surface area contributed by atoms with Gasteiger partial charge < -0.3 is 49.3 Å². The minimum Gasteiger partial charge on any atom is -0.453 e. The summed E-state index contributed by atoms with van der Waals surface area (Å²) in [5, 5.41) is 15.4. The van der Waals surface area contributed by atoms with Crippen LogP contribution in [0.3, 0.4) is 0 Å². The van der Waals surface area contributed by atoms with Crippen molar-refractivity contribution in [1.82, 2.24) is 50.6 Å². The second-order valence-corrected chi connectivity index (χ2v) is 15.7. The van der Waals surface area contributed by atoms with E-state index in [4.69, 9.17) is 28.9 Å². The van der Waals surface area contributed by atoms with Crippen LogP contribution in [-0.4, -0.2) is 130 Å². The molecular weight excluding hydrogens is 797 g/mol. The summed E-state index contributed by atoms with van der Waals surface area (Å²) >= 11 is 0. The van der Waals surface area contributed by atoms with Crippen LogP contribution in [0.25, 0.3) is 55.4 Å². The Bertz CT molecular complexity index is 2470. The topological polar surface area (TPSA) is 219 Å². The summed E-state index contributed by atoms with van der Waals surface area (Å²) in [6.45, 7) is 4.51. The van der Waals surface area contributed by atoms with Crippen molar-refractivity contribution < 1.29 is 38.1 Å². The van der Waals surface area contributed by atoms with Crippen LogP contribution in [0.4, 0.5) is 9.59 Å². The number of fused-ring (bicyclic) bond motifs is 3. The number of amides is 4. The normalized spacial score (nSPS) is 18.5. The Hall–Kier alpha value is -6.66. The average molecular weight is 847 g/mol. The number of carbonyl (C=O) groups is 4. The first-order valence-corrected chi connectivity index (χ1v) is 20.6. The van der Waals surface area contributed by atoms with Crippen molar-refractivity contribution in [2.75, 3.05) is 41.5 Å². The van der Waals surface area contributed by atoms with Crippen molar-refractivity contribution in [3.05, 3.63) is 72.3 Å². The van der Waals surface area contributed by atoms with Crippen LogP contribution in [-0.2, 0) is 28.5 Å². The minimum absolute atomic E-state index is 0.259. The second-order valence-electron chi connectivity index (χ2n) is 15.7. The molecule has 18 nitrogen and oxygen atoms in total. The third-order valence-electron chi connectivity index (χ3n) is 12.1. The molecular formula is C44H50N10O8. The lowest BCUT2D eigenvalue weighted by atomic mass is 10.0. The summed E-state index contributed by atoms with van der Waals surface area (Å²) < 4.78 is 20.4. The molecule has 0 saturated carbocycles. The molecule has 3 aromatic heterocycles. The van der Waals surface area contributed by atoms with E-state index < -0.39 is 36.5 Å². The van der Waals surface area contributed by atoms with Gasteiger partial charge in [-0.3, -0.25) is 9.59 Å². The molecule has 2 aliphatic rings. The molecule has 18 heteroatoms. The molecule has 0 aliphatic carbocycles. The number of nitrogens with zero attached hydrogens (tertiary/aromatic N) is 6. The van der Waals surface area contributed by atoms with Gasteiger partial charge in [-0.1, -0.05) is 24.3 Å². The predicted octanol–water partition coefficient (Wildman–Crippen LogP) is 5.56. The van der Waals surface area contributed by atoms with Crippen LogP contribution in [0, 0.1) is 0 Å². The molecule has 2 aliphatic heterocycles. The third-order valence-corrected chi connectivity index (χ3v) is 12.1. The molecule has 0 bridgehead atoms. The van der Waals surface area contributed by atoms with E-state index in [9.17, 15) is 19.2 Å². The molecule has 2 saturated heterocycles. The number of aromatic nitrogens is 6. The van der Waals surface area contributed by atoms with Crippen LogP contribution in [0.15, 0.2) is 60.7 Å². The molecule has 4 amide bonds. The Morgan fingerprint density at radius 1 is 0.629 bits per heavy atom. The van der Waals surface area contributed by atoms with Gasteiger partial charge in [0, 0.05) is 38.3 Å². The van der Waals surface area contributed by atoms with Crippen LogP contribution >= 0.6 is 0 Å². The molecule has 324 valence electrons. The fourth-order valence-corrected chi connectivity index (χ4v) is 8.46. The number of rotatable bonds is 12. The van der Waals surface area contributed by atoms with Crippen LogP contribution in [0.1, 0.15) is 63.3 Å². The van der Waals surface area contributed by atoms with E-state index in [-0.39, 0.29) is 23.9 Å². The first-order valence-electron chi connectivity index (χ1n) is 20.6. The number of carbonyl (C=O) groups excluding carboxylic acids is 4. The van der Waals surface area contributed by atoms with Gasteiger partial charge >= 0.3 is 12.2 Å². The highest BCUT2D eigenvalue weighted by molar-refractivity contribution is 5.91. The first-order chi connectivity index (χ1) is 30.0. The van der Waals surface area contributed by atoms with Crippen molar-refractivity contribution >= 4 is 57.0 Å². The van der Waals surface area contributed by atoms with E-state index >= 15 is 0 Å². The van der Waals surface area contributed by atoms with E-state index in [1.165, 1.54) is 28.4 Å². The Morgan fingerprint density at radius 2 is 1.11 bits per heavy atom. The lowest BCUT2D eigenvalue weighted by Gasteiger charge is -2.30. The molecule has 6 atom stereocenters. The average Bonchev–Trinajstić information content (AvgIpc) is 4.14. The van der Waals surface area contributed by atoms with Gasteiger partial charge in [0.15, 0.2) is 0 Å². The largest absolute Gasteiger partial charge is 0.453 e. The maximum absolute atomic E-state index is 13.7. The molecule has 6 aromatic rings. The molecule has 0 spiro atoms. The van der Waals surface area contributed by atoms with Crippen LogP contribution in [0.5, 0.6) is 0 Å². The number of methoxy groups -OCH3 is 4. The Labute approximate surface area is 357 Å². The van der Waals surface area contributed by atoms with Crippen molar-refractivity contribution in [2.45, 2.75) is 75.9 Å². The number of hydrogen-bond acceptors (Lipinski definition) is 12. The minimum atomic E-state index is -0.918. The number of H-pyrrole nitrogens is 2. The van der Waals surface area contributed by atoms with Crippen molar-refractivity contribution in [2.24, 2.45) is 0 Å². The molecule has 4 N–H and O–H groups in total. The second kappa shape index (κ2) is 17.7. The van der Waals surface area contributed by atoms with E-state index in [2.05, 4.69) is 30.8 Å². The van der Waals surface area contributed by atoms with E-state index in [0.29, 0.717) is 30.4 Å². The summed E-state index contributed by atoms with van der Waals surface area (Å²) in [7, 11) is 5.50. The van der Waals surface area contributed by atoms with Crippen LogP contribution < -0.4 is 10.6 Å². The molecule has 0 unspecified atom stereocenters. The fraction of sp³-hybridized carbons (Fsp3) is 0.409. The maximum atomic E-state index is 13.7. The summed E-state index contributed by atoms with van der Waals surface area (Å²) in [6.07, 6.45) is 0.474. The number of benzene rings is 3. The number of imidazole rings is 2. The standard InChI is InChI=1S/C44H50N10O8/c1-23(59-3)37(49-43(57)61-5)41(55)53-17-7-9-35(53)39-45-29-15-13-26(20-33(29)47-39)25-11-12-27-21-32(52-51-31(27)19-25)28-14-16-30-34(22-28)48-40(46-30)36-10-8-18-54(36)42(56)38(24(2)60-4)50-44(58)62-6/h11-16,19-24,35-38H,7-10,17-18H2,1-6H3,(H,45,47)(H,46,48)(H,49,57)(H,50,58)/t23-,24-,35+,36+,37+,38+/m1/s1. The highest BCUT2D eigenvalue weighted by Gasteiger charge is 2.40. The number of hydrogen-bond donors (Lipinski definition) is 4. The van der Waals surface area contributed by atoms with Gasteiger partial charge in [0.25, 0.3) is 0 Å². The fourth-order valence-electron chi connectivity index (χ4n) is 8.46. The van der Waals surface area contributed by atoms with Gasteiger partial charge in [-0.25, -0.2) is 19.6 Å². The van der Waals surface area contributed by atoms with Gasteiger partial charge in [0.1, 0.15) is 23.7 Å². The highest BCUT2D eigenvalue weighted by Crippen LogP contribution is 2.36. The van der Waals surface area contributed by atoms with Crippen molar-refractivity contribution in [3.8, 4) is 22.4 Å². The Balaban J connectivity index is 0.992. The Kier molecular flexibility index (Phi) is 12.0. The lowest BCUT2D eigenvalue weighted by molar-refractivity contribution is -0.138. The monoisotopic (exact) mass is 846 g/mol. The summed E-state index contributed by atoms with van der Waals surface area (Å²) in [6, 6.07) is 17.5. The summed E-state index contributed by atoms with van der Waals surface area (Å²) in [5.41, 5.74) is 7.36. The van der Waals surface area contributed by atoms with E-state index in [1.54, 1.807) is 23.6 Å². The number of alkyl carbamates (subject to hydrolysis) is 2. The zero-order valence-electron chi connectivity index (χ0n) is 35.4. The first kappa shape index (κ1) is 42.0. The van der Waals surface area contributed by atoms with Crippen molar-refractivity contribution in [1.29, 1.82) is 0 Å².